The van der Waals surface area contributed by atoms with Gasteiger partial charge in [-0.25, -0.2) is 0 Å². The molecule has 1 aromatic heterocycles. The van der Waals surface area contributed by atoms with Crippen LogP contribution in [0.15, 0.2) is 6.20 Å². The minimum atomic E-state index is 0.377. The zero-order valence-corrected chi connectivity index (χ0v) is 7.98. The Labute approximate surface area is 78.1 Å². The van der Waals surface area contributed by atoms with E-state index in [4.69, 9.17) is 5.73 Å². The van der Waals surface area contributed by atoms with E-state index < -0.39 is 0 Å². The Morgan fingerprint density at radius 1 is 1.62 bits per heavy atom. The van der Waals surface area contributed by atoms with Crippen LogP contribution in [-0.2, 0) is 13.5 Å². The number of hydrogen-bond acceptors (Lipinski definition) is 3. The molecule has 0 saturated heterocycles. The minimum Gasteiger partial charge on any atom is -0.327 e. The summed E-state index contributed by atoms with van der Waals surface area (Å²) in [5.41, 5.74) is 7.05. The normalized spacial score (nSPS) is 28.2. The Morgan fingerprint density at radius 3 is 3.00 bits per heavy atom. The fourth-order valence-corrected chi connectivity index (χ4v) is 2.07. The number of hydrogen-bond donors (Lipinski definition) is 1. The standard InChI is InChI=1S/C9H16N4/c1-13-11-6-8(12-13)5-7-3-2-4-9(7)10/h6-7,9H,2-5,10H2,1H3. The van der Waals surface area contributed by atoms with E-state index in [2.05, 4.69) is 10.2 Å². The van der Waals surface area contributed by atoms with Crippen molar-refractivity contribution in [1.82, 2.24) is 15.0 Å². The van der Waals surface area contributed by atoms with Crippen LogP contribution >= 0.6 is 0 Å². The fraction of sp³-hybridized carbons (Fsp3) is 0.778. The topological polar surface area (TPSA) is 56.7 Å². The van der Waals surface area contributed by atoms with Gasteiger partial charge in [0.05, 0.1) is 11.9 Å². The number of nitrogens with two attached hydrogens (primary N) is 1. The highest BCUT2D eigenvalue weighted by atomic mass is 15.4. The Hall–Kier alpha value is -0.900. The van der Waals surface area contributed by atoms with Crippen molar-refractivity contribution in [2.24, 2.45) is 18.7 Å². The third-order valence-corrected chi connectivity index (χ3v) is 2.84. The van der Waals surface area contributed by atoms with Gasteiger partial charge in [-0.15, -0.1) is 0 Å². The van der Waals surface area contributed by atoms with Crippen LogP contribution < -0.4 is 5.73 Å². The van der Waals surface area contributed by atoms with Gasteiger partial charge in [-0.05, 0) is 25.2 Å². The molecule has 13 heavy (non-hydrogen) atoms. The summed E-state index contributed by atoms with van der Waals surface area (Å²) in [6.07, 6.45) is 6.52. The molecule has 0 spiro atoms. The van der Waals surface area contributed by atoms with Crippen molar-refractivity contribution < 1.29 is 0 Å². The lowest BCUT2D eigenvalue weighted by molar-refractivity contribution is 0.470. The molecular formula is C9H16N4. The number of aromatic nitrogens is 3. The molecule has 2 atom stereocenters. The molecule has 1 aliphatic rings. The van der Waals surface area contributed by atoms with Crippen LogP contribution in [0.1, 0.15) is 25.0 Å². The monoisotopic (exact) mass is 180 g/mol. The van der Waals surface area contributed by atoms with E-state index in [1.165, 1.54) is 19.3 Å². The summed E-state index contributed by atoms with van der Waals surface area (Å²) in [4.78, 5) is 1.61. The van der Waals surface area contributed by atoms with Crippen LogP contribution in [0, 0.1) is 5.92 Å². The van der Waals surface area contributed by atoms with Gasteiger partial charge >= 0.3 is 0 Å². The van der Waals surface area contributed by atoms with E-state index in [1.807, 2.05) is 13.2 Å². The SMILES string of the molecule is Cn1ncc(CC2CCCC2N)n1. The Balaban J connectivity index is 1.97. The van der Waals surface area contributed by atoms with Crippen molar-refractivity contribution in [2.45, 2.75) is 31.7 Å². The highest BCUT2D eigenvalue weighted by molar-refractivity contribution is 4.96. The summed E-state index contributed by atoms with van der Waals surface area (Å²) in [6.45, 7) is 0. The van der Waals surface area contributed by atoms with Crippen molar-refractivity contribution in [2.75, 3.05) is 0 Å². The average Bonchev–Trinajstić information content (AvgIpc) is 2.64. The van der Waals surface area contributed by atoms with Crippen LogP contribution in [0.4, 0.5) is 0 Å². The van der Waals surface area contributed by atoms with E-state index in [9.17, 15) is 0 Å². The van der Waals surface area contributed by atoms with E-state index in [1.54, 1.807) is 4.80 Å². The van der Waals surface area contributed by atoms with Gasteiger partial charge in [-0.2, -0.15) is 15.0 Å². The summed E-state index contributed by atoms with van der Waals surface area (Å²) in [7, 11) is 1.85. The van der Waals surface area contributed by atoms with Gasteiger partial charge in [0.15, 0.2) is 0 Å². The first kappa shape index (κ1) is 8.69. The molecule has 0 bridgehead atoms. The molecule has 2 rings (SSSR count). The van der Waals surface area contributed by atoms with Crippen molar-refractivity contribution in [3.8, 4) is 0 Å². The second-order valence-corrected chi connectivity index (χ2v) is 3.88. The van der Waals surface area contributed by atoms with Crippen molar-refractivity contribution in [1.29, 1.82) is 0 Å². The van der Waals surface area contributed by atoms with E-state index in [0.29, 0.717) is 12.0 Å². The first-order valence-corrected chi connectivity index (χ1v) is 4.86. The largest absolute Gasteiger partial charge is 0.327 e. The molecular weight excluding hydrogens is 164 g/mol. The molecule has 1 heterocycles. The molecule has 0 radical (unpaired) electrons. The quantitative estimate of drug-likeness (QED) is 0.720. The first-order valence-electron chi connectivity index (χ1n) is 4.86. The first-order chi connectivity index (χ1) is 6.25. The summed E-state index contributed by atoms with van der Waals surface area (Å²) >= 11 is 0. The van der Waals surface area contributed by atoms with E-state index in [-0.39, 0.29) is 0 Å². The van der Waals surface area contributed by atoms with Crippen LogP contribution in [0.3, 0.4) is 0 Å². The van der Waals surface area contributed by atoms with Crippen LogP contribution in [0.25, 0.3) is 0 Å². The lowest BCUT2D eigenvalue weighted by atomic mass is 9.99. The molecule has 4 heteroatoms. The maximum absolute atomic E-state index is 5.98. The third-order valence-electron chi connectivity index (χ3n) is 2.84. The number of nitrogens with zero attached hydrogens (tertiary/aromatic N) is 3. The zero-order valence-electron chi connectivity index (χ0n) is 7.98. The molecule has 1 aliphatic carbocycles. The Bertz CT molecular complexity index is 281. The van der Waals surface area contributed by atoms with Gasteiger partial charge in [-0.3, -0.25) is 0 Å². The minimum absolute atomic E-state index is 0.377. The fourth-order valence-electron chi connectivity index (χ4n) is 2.07. The van der Waals surface area contributed by atoms with E-state index >= 15 is 0 Å². The Morgan fingerprint density at radius 2 is 2.46 bits per heavy atom. The zero-order chi connectivity index (χ0) is 9.26. The molecule has 2 N–H and O–H groups in total. The van der Waals surface area contributed by atoms with E-state index in [0.717, 1.165) is 12.1 Å². The van der Waals surface area contributed by atoms with Gasteiger partial charge in [0.25, 0.3) is 0 Å². The van der Waals surface area contributed by atoms with Crippen molar-refractivity contribution in [3.05, 3.63) is 11.9 Å². The summed E-state index contributed by atoms with van der Waals surface area (Å²) in [5, 5.41) is 8.31. The average molecular weight is 180 g/mol. The van der Waals surface area contributed by atoms with Gasteiger partial charge in [0, 0.05) is 13.1 Å². The molecule has 0 aromatic carbocycles. The van der Waals surface area contributed by atoms with Gasteiger partial charge in [0.2, 0.25) is 0 Å². The maximum Gasteiger partial charge on any atom is 0.0830 e. The van der Waals surface area contributed by atoms with Crippen LogP contribution in [0.2, 0.25) is 0 Å². The Kier molecular flexibility index (Phi) is 2.31. The van der Waals surface area contributed by atoms with Crippen LogP contribution in [-0.4, -0.2) is 21.0 Å². The molecule has 0 amide bonds. The predicted octanol–water partition coefficient (Wildman–Crippen LogP) is 0.485. The predicted molar refractivity (Wildman–Crippen MR) is 50.0 cm³/mol. The molecule has 72 valence electrons. The van der Waals surface area contributed by atoms with Crippen molar-refractivity contribution in [3.63, 3.8) is 0 Å². The molecule has 4 nitrogen and oxygen atoms in total. The lowest BCUT2D eigenvalue weighted by Crippen LogP contribution is -2.26. The molecule has 1 aromatic rings. The van der Waals surface area contributed by atoms with Gasteiger partial charge in [0.1, 0.15) is 0 Å². The van der Waals surface area contributed by atoms with Gasteiger partial charge < -0.3 is 5.73 Å². The summed E-state index contributed by atoms with van der Waals surface area (Å²) < 4.78 is 0. The van der Waals surface area contributed by atoms with Gasteiger partial charge in [-0.1, -0.05) is 6.42 Å². The molecule has 0 aliphatic heterocycles. The lowest BCUT2D eigenvalue weighted by Gasteiger charge is -2.12. The maximum atomic E-state index is 5.98. The van der Waals surface area contributed by atoms with Crippen molar-refractivity contribution >= 4 is 0 Å². The highest BCUT2D eigenvalue weighted by Gasteiger charge is 2.24. The molecule has 2 unspecified atom stereocenters. The smallest absolute Gasteiger partial charge is 0.0830 e. The number of aryl methyl sites for hydroxylation is 1. The summed E-state index contributed by atoms with van der Waals surface area (Å²) in [5.74, 6) is 0.622. The molecule has 1 fully saturated rings. The number of rotatable bonds is 2. The molecule has 1 saturated carbocycles. The highest BCUT2D eigenvalue weighted by Crippen LogP contribution is 2.26. The summed E-state index contributed by atoms with van der Waals surface area (Å²) in [6, 6.07) is 0.377. The second kappa shape index (κ2) is 3.46. The third kappa shape index (κ3) is 1.88. The van der Waals surface area contributed by atoms with Crippen LogP contribution in [0.5, 0.6) is 0 Å². The second-order valence-electron chi connectivity index (χ2n) is 3.88.